The fraction of sp³-hybridized carbons (Fsp3) is 0.448. The molecule has 5 N–H and O–H groups in total. The van der Waals surface area contributed by atoms with E-state index in [9.17, 15) is 34.2 Å². The van der Waals surface area contributed by atoms with Gasteiger partial charge >= 0.3 is 0 Å². The number of aromatic hydroxyl groups is 1. The summed E-state index contributed by atoms with van der Waals surface area (Å²) < 4.78 is 0. The summed E-state index contributed by atoms with van der Waals surface area (Å²) in [6, 6.07) is 5.94. The molecule has 2 unspecified atom stereocenters. The largest absolute Gasteiger partial charge is 0.507 e. The first-order chi connectivity index (χ1) is 19.3. The van der Waals surface area contributed by atoms with Crippen molar-refractivity contribution in [2.45, 2.75) is 31.0 Å². The molecule has 2 saturated carbocycles. The Labute approximate surface area is 236 Å². The van der Waals surface area contributed by atoms with Gasteiger partial charge in [-0.1, -0.05) is 6.07 Å². The first-order valence-electron chi connectivity index (χ1n) is 13.3. The first kappa shape index (κ1) is 28.4. The van der Waals surface area contributed by atoms with E-state index in [1.807, 2.05) is 4.90 Å². The average molecular weight is 564 g/mol. The van der Waals surface area contributed by atoms with E-state index in [-0.39, 0.29) is 30.7 Å². The number of hydrogen-bond donors (Lipinski definition) is 4. The van der Waals surface area contributed by atoms with Crippen molar-refractivity contribution in [3.8, 4) is 5.75 Å². The lowest BCUT2D eigenvalue weighted by Crippen LogP contribution is -2.74. The Bertz CT molecular complexity index is 1470. The summed E-state index contributed by atoms with van der Waals surface area (Å²) in [6.45, 7) is 0.129. The van der Waals surface area contributed by atoms with Crippen LogP contribution in [-0.2, 0) is 32.1 Å². The number of phenolic OH excluding ortho intramolecular Hbond substituents is 1. The van der Waals surface area contributed by atoms with Crippen molar-refractivity contribution in [3.63, 3.8) is 0 Å². The maximum absolute atomic E-state index is 14.1. The second-order valence-corrected chi connectivity index (χ2v) is 11.5. The molecule has 1 heterocycles. The van der Waals surface area contributed by atoms with Crippen molar-refractivity contribution in [3.05, 3.63) is 47.2 Å². The smallest absolute Gasteiger partial charge is 0.235 e. The molecule has 1 amide bonds. The number of aromatic nitrogens is 1. The van der Waals surface area contributed by atoms with Gasteiger partial charge in [0.05, 0.1) is 17.5 Å². The van der Waals surface area contributed by atoms with E-state index < -0.39 is 64.4 Å². The van der Waals surface area contributed by atoms with E-state index in [2.05, 4.69) is 10.3 Å². The zero-order chi connectivity index (χ0) is 30.0. The van der Waals surface area contributed by atoms with Gasteiger partial charge in [-0.15, -0.1) is 0 Å². The van der Waals surface area contributed by atoms with Gasteiger partial charge in [0.25, 0.3) is 0 Å². The molecule has 1 aromatic carbocycles. The van der Waals surface area contributed by atoms with Crippen LogP contribution in [0.4, 0.5) is 11.5 Å². The van der Waals surface area contributed by atoms with Gasteiger partial charge in [0.15, 0.2) is 34.7 Å². The predicted molar refractivity (Wildman–Crippen MR) is 147 cm³/mol. The molecule has 0 radical (unpaired) electrons. The lowest BCUT2D eigenvalue weighted by Gasteiger charge is -2.52. The molecule has 3 aliphatic carbocycles. The van der Waals surface area contributed by atoms with Crippen molar-refractivity contribution in [2.75, 3.05) is 38.4 Å². The molecule has 6 atom stereocenters. The number of likely N-dealkylation sites (N-methyl/N-ethyl adjacent to an activating group) is 1. The Balaban J connectivity index is 1.60. The highest BCUT2D eigenvalue weighted by Gasteiger charge is 2.69. The van der Waals surface area contributed by atoms with Crippen LogP contribution in [0, 0.1) is 23.7 Å². The zero-order valence-electron chi connectivity index (χ0n) is 23.2. The number of hydrogen-bond acceptors (Lipinski definition) is 11. The van der Waals surface area contributed by atoms with E-state index in [0.29, 0.717) is 22.6 Å². The van der Waals surface area contributed by atoms with Crippen LogP contribution in [0.25, 0.3) is 0 Å². The van der Waals surface area contributed by atoms with Crippen molar-refractivity contribution < 1.29 is 34.2 Å². The maximum Gasteiger partial charge on any atom is 0.235 e. The van der Waals surface area contributed by atoms with Gasteiger partial charge in [-0.25, -0.2) is 4.98 Å². The fourth-order valence-corrected chi connectivity index (χ4v) is 6.89. The second-order valence-electron chi connectivity index (χ2n) is 11.5. The van der Waals surface area contributed by atoms with Crippen molar-refractivity contribution >= 4 is 40.5 Å². The lowest BCUT2D eigenvalue weighted by molar-refractivity contribution is -0.181. The lowest BCUT2D eigenvalue weighted by atomic mass is 9.52. The third-order valence-electron chi connectivity index (χ3n) is 8.72. The van der Waals surface area contributed by atoms with Gasteiger partial charge < -0.3 is 26.2 Å². The van der Waals surface area contributed by atoms with E-state index in [1.165, 1.54) is 4.90 Å². The SMILES string of the molecule is CN(C)c1cc(CNc2ccccn2)c(O)c2c1C[C@@H]1C[C@@H]3[C@@H](N(C)C)C(=O)C(C(N)=O)C(=O)[C@]3(O)C(=O)C1C2=O. The number of primary amides is 1. The van der Waals surface area contributed by atoms with Crippen molar-refractivity contribution in [1.29, 1.82) is 0 Å². The molecule has 2 aromatic rings. The third-order valence-corrected chi connectivity index (χ3v) is 8.72. The number of phenols is 1. The number of amides is 1. The Hall–Kier alpha value is -4.16. The summed E-state index contributed by atoms with van der Waals surface area (Å²) >= 11 is 0. The molecule has 0 bridgehead atoms. The minimum absolute atomic E-state index is 0.000505. The molecule has 5 rings (SSSR count). The Kier molecular flexibility index (Phi) is 6.94. The first-order valence-corrected chi connectivity index (χ1v) is 13.3. The van der Waals surface area contributed by atoms with Gasteiger partial charge in [-0.2, -0.15) is 0 Å². The van der Waals surface area contributed by atoms with Crippen LogP contribution in [-0.4, -0.2) is 89.0 Å². The van der Waals surface area contributed by atoms with E-state index >= 15 is 0 Å². The number of anilines is 2. The molecule has 2 fully saturated rings. The van der Waals surface area contributed by atoms with Gasteiger partial charge in [-0.3, -0.25) is 28.9 Å². The number of ketones is 4. The summed E-state index contributed by atoms with van der Waals surface area (Å²) in [7, 11) is 6.71. The number of benzene rings is 1. The fourth-order valence-electron chi connectivity index (χ4n) is 6.89. The van der Waals surface area contributed by atoms with Gasteiger partial charge in [0, 0.05) is 44.0 Å². The number of nitrogens with one attached hydrogen (secondary N) is 1. The highest BCUT2D eigenvalue weighted by Crippen LogP contribution is 2.52. The number of nitrogens with two attached hydrogens (primary N) is 1. The van der Waals surface area contributed by atoms with Crippen LogP contribution >= 0.6 is 0 Å². The highest BCUT2D eigenvalue weighted by molar-refractivity contribution is 6.32. The van der Waals surface area contributed by atoms with Gasteiger partial charge in [-0.05, 0) is 56.6 Å². The predicted octanol–water partition coefficient (Wildman–Crippen LogP) is -0.0599. The topological polar surface area (TPSA) is 183 Å². The molecule has 0 saturated heterocycles. The van der Waals surface area contributed by atoms with Crippen LogP contribution in [0.15, 0.2) is 30.5 Å². The monoisotopic (exact) mass is 563 g/mol. The number of carbonyl (C=O) groups excluding carboxylic acids is 5. The van der Waals surface area contributed by atoms with Crippen LogP contribution in [0.3, 0.4) is 0 Å². The molecular formula is C29H33N5O7. The van der Waals surface area contributed by atoms with Gasteiger partial charge in [0.1, 0.15) is 11.6 Å². The summed E-state index contributed by atoms with van der Waals surface area (Å²) in [5.41, 5.74) is 4.19. The molecular weight excluding hydrogens is 530 g/mol. The molecule has 0 spiro atoms. The molecule has 12 heteroatoms. The molecule has 1 aromatic heterocycles. The third kappa shape index (κ3) is 4.20. The number of aliphatic hydroxyl groups is 1. The minimum Gasteiger partial charge on any atom is -0.507 e. The van der Waals surface area contributed by atoms with Crippen LogP contribution < -0.4 is 16.0 Å². The summed E-state index contributed by atoms with van der Waals surface area (Å²) in [4.78, 5) is 74.4. The van der Waals surface area contributed by atoms with Crippen molar-refractivity contribution in [2.24, 2.45) is 29.4 Å². The van der Waals surface area contributed by atoms with E-state index in [4.69, 9.17) is 5.73 Å². The summed E-state index contributed by atoms with van der Waals surface area (Å²) in [5.74, 6) is -10.1. The quantitative estimate of drug-likeness (QED) is 0.345. The van der Waals surface area contributed by atoms with Crippen LogP contribution in [0.1, 0.15) is 27.9 Å². The Morgan fingerprint density at radius 2 is 1.85 bits per heavy atom. The van der Waals surface area contributed by atoms with E-state index in [1.54, 1.807) is 58.7 Å². The number of nitrogens with zero attached hydrogens (tertiary/aromatic N) is 3. The zero-order valence-corrected chi connectivity index (χ0v) is 23.2. The molecule has 216 valence electrons. The standard InChI is InChI=1S/C29H33N5O7/c1-33(2)17-11-14(12-32-18-7-5-6-8-31-18)23(35)20-15(17)9-13-10-16-22(34(3)4)25(37)21(28(30)40)27(39)29(16,41)26(38)19(13)24(20)36/h5-8,11,13,16,19,21-22,35,41H,9-10,12H2,1-4H3,(H2,30,40)(H,31,32)/t13-,16-,19?,21?,22-,29-/m1/s1. The Morgan fingerprint density at radius 3 is 2.44 bits per heavy atom. The number of carbonyl (C=O) groups is 5. The molecule has 0 aliphatic heterocycles. The maximum atomic E-state index is 14.1. The molecule has 12 nitrogen and oxygen atoms in total. The van der Waals surface area contributed by atoms with Crippen LogP contribution in [0.5, 0.6) is 5.75 Å². The normalized spacial score (nSPS) is 29.1. The minimum atomic E-state index is -2.75. The second kappa shape index (κ2) is 10.0. The summed E-state index contributed by atoms with van der Waals surface area (Å²) in [6.07, 6.45) is 1.81. The molecule has 3 aliphatic rings. The van der Waals surface area contributed by atoms with Crippen molar-refractivity contribution in [1.82, 2.24) is 9.88 Å². The van der Waals surface area contributed by atoms with E-state index in [0.717, 1.165) is 0 Å². The summed E-state index contributed by atoms with van der Waals surface area (Å²) in [5, 5.41) is 26.2. The average Bonchev–Trinajstić information content (AvgIpc) is 2.90. The number of fused-ring (bicyclic) bond motifs is 3. The number of Topliss-reactive ketones (excluding diaryl/α,β-unsaturated/α-hetero) is 4. The molecule has 41 heavy (non-hydrogen) atoms. The van der Waals surface area contributed by atoms with Crippen LogP contribution in [0.2, 0.25) is 0 Å². The van der Waals surface area contributed by atoms with Gasteiger partial charge in [0.2, 0.25) is 5.91 Å². The number of rotatable bonds is 6. The number of pyridine rings is 1. The highest BCUT2D eigenvalue weighted by atomic mass is 16.3. The Morgan fingerprint density at radius 1 is 1.15 bits per heavy atom.